The molecule has 2 amide bonds. The highest BCUT2D eigenvalue weighted by molar-refractivity contribution is 7.19. The van der Waals surface area contributed by atoms with Gasteiger partial charge in [0.05, 0.1) is 29.9 Å². The number of nitrogens with zero attached hydrogens (tertiary/aromatic N) is 1. The van der Waals surface area contributed by atoms with Crippen molar-refractivity contribution in [3.8, 4) is 0 Å². The predicted octanol–water partition coefficient (Wildman–Crippen LogP) is 6.59. The SMILES string of the molecule is CCOC(=O)c1c(NC(=O)c2ccc(C(=O)Nc3sc(C(=O)OC(C)(C)C)c(C)c3C(=O)OCC)nc2)sc(C(=O)OC(C)(C)C)c1C. The molecule has 2 N–H and O–H groups in total. The third-order valence-corrected chi connectivity index (χ3v) is 8.51. The molecular formula is C33H39N3O10S2. The average molecular weight is 702 g/mol. The van der Waals surface area contributed by atoms with Crippen molar-refractivity contribution in [2.75, 3.05) is 23.8 Å². The fraction of sp³-hybridized carbons (Fsp3) is 0.424. The van der Waals surface area contributed by atoms with E-state index >= 15 is 0 Å². The Labute approximate surface area is 286 Å². The number of amides is 2. The Hall–Kier alpha value is -4.63. The molecule has 3 aromatic heterocycles. The Kier molecular flexibility index (Phi) is 11.9. The minimum absolute atomic E-state index is 0.0152. The molecule has 0 aliphatic carbocycles. The molecule has 3 heterocycles. The van der Waals surface area contributed by atoms with Crippen molar-refractivity contribution in [1.82, 2.24) is 4.98 Å². The lowest BCUT2D eigenvalue weighted by atomic mass is 10.1. The Morgan fingerprint density at radius 2 is 1.08 bits per heavy atom. The maximum absolute atomic E-state index is 13.2. The summed E-state index contributed by atoms with van der Waals surface area (Å²) in [6, 6.07) is 2.64. The van der Waals surface area contributed by atoms with E-state index in [1.165, 1.54) is 12.1 Å². The van der Waals surface area contributed by atoms with Crippen LogP contribution in [0.25, 0.3) is 0 Å². The van der Waals surface area contributed by atoms with Gasteiger partial charge in [0.15, 0.2) is 0 Å². The molecule has 0 aliphatic rings. The first-order valence-corrected chi connectivity index (χ1v) is 16.6. The number of aromatic nitrogens is 1. The van der Waals surface area contributed by atoms with Gasteiger partial charge < -0.3 is 29.6 Å². The van der Waals surface area contributed by atoms with Crippen LogP contribution in [0.5, 0.6) is 0 Å². The van der Waals surface area contributed by atoms with Gasteiger partial charge in [-0.25, -0.2) is 19.2 Å². The first-order chi connectivity index (χ1) is 22.3. The van der Waals surface area contributed by atoms with E-state index in [9.17, 15) is 28.8 Å². The molecule has 3 aromatic rings. The van der Waals surface area contributed by atoms with Gasteiger partial charge in [-0.3, -0.25) is 14.6 Å². The van der Waals surface area contributed by atoms with Crippen molar-refractivity contribution in [2.24, 2.45) is 0 Å². The van der Waals surface area contributed by atoms with Gasteiger partial charge in [0, 0.05) is 6.20 Å². The van der Waals surface area contributed by atoms with Crippen molar-refractivity contribution < 1.29 is 47.7 Å². The summed E-state index contributed by atoms with van der Waals surface area (Å²) in [6.45, 7) is 16.8. The van der Waals surface area contributed by atoms with Crippen LogP contribution >= 0.6 is 22.7 Å². The number of ether oxygens (including phenoxy) is 4. The lowest BCUT2D eigenvalue weighted by Crippen LogP contribution is -2.23. The molecule has 0 saturated heterocycles. The Morgan fingerprint density at radius 3 is 1.44 bits per heavy atom. The van der Waals surface area contributed by atoms with Crippen molar-refractivity contribution in [3.63, 3.8) is 0 Å². The highest BCUT2D eigenvalue weighted by Crippen LogP contribution is 2.37. The Balaban J connectivity index is 1.87. The van der Waals surface area contributed by atoms with Crippen LogP contribution in [-0.4, -0.2) is 65.1 Å². The maximum atomic E-state index is 13.2. The molecule has 0 aromatic carbocycles. The summed E-state index contributed by atoms with van der Waals surface area (Å²) in [5.41, 5.74) is -1.00. The molecule has 0 atom stereocenters. The highest BCUT2D eigenvalue weighted by atomic mass is 32.1. The molecule has 0 radical (unpaired) electrons. The zero-order valence-corrected chi connectivity index (χ0v) is 30.1. The number of hydrogen-bond acceptors (Lipinski definition) is 13. The summed E-state index contributed by atoms with van der Waals surface area (Å²) in [5, 5.41) is 5.41. The minimum atomic E-state index is -0.790. The number of hydrogen-bond donors (Lipinski definition) is 2. The summed E-state index contributed by atoms with van der Waals surface area (Å²) in [5.74, 6) is -4.14. The monoisotopic (exact) mass is 701 g/mol. The molecular weight excluding hydrogens is 663 g/mol. The van der Waals surface area contributed by atoms with E-state index in [0.717, 1.165) is 28.9 Å². The van der Waals surface area contributed by atoms with E-state index in [2.05, 4.69) is 15.6 Å². The third-order valence-electron chi connectivity index (χ3n) is 6.13. The molecule has 0 spiro atoms. The van der Waals surface area contributed by atoms with Gasteiger partial charge in [0.2, 0.25) is 0 Å². The second-order valence-corrected chi connectivity index (χ2v) is 14.3. The molecule has 0 fully saturated rings. The zero-order valence-electron chi connectivity index (χ0n) is 28.5. The molecule has 48 heavy (non-hydrogen) atoms. The first kappa shape index (κ1) is 37.8. The summed E-state index contributed by atoms with van der Waals surface area (Å²) in [7, 11) is 0. The molecule has 15 heteroatoms. The van der Waals surface area contributed by atoms with Crippen molar-refractivity contribution in [3.05, 3.63) is 61.6 Å². The Bertz CT molecular complexity index is 1610. The Morgan fingerprint density at radius 1 is 0.667 bits per heavy atom. The number of pyridine rings is 1. The average Bonchev–Trinajstić information content (AvgIpc) is 3.47. The fourth-order valence-electron chi connectivity index (χ4n) is 4.14. The van der Waals surface area contributed by atoms with Gasteiger partial charge >= 0.3 is 23.9 Å². The fourth-order valence-corrected chi connectivity index (χ4v) is 6.28. The van der Waals surface area contributed by atoms with Crippen LogP contribution in [0.3, 0.4) is 0 Å². The van der Waals surface area contributed by atoms with Crippen LogP contribution in [0.1, 0.15) is 127 Å². The number of carbonyl (C=O) groups excluding carboxylic acids is 6. The summed E-state index contributed by atoms with van der Waals surface area (Å²) in [4.78, 5) is 82.0. The smallest absolute Gasteiger partial charge is 0.349 e. The number of esters is 4. The van der Waals surface area contributed by atoms with Gasteiger partial charge in [-0.2, -0.15) is 0 Å². The minimum Gasteiger partial charge on any atom is -0.462 e. The van der Waals surface area contributed by atoms with E-state index in [4.69, 9.17) is 18.9 Å². The van der Waals surface area contributed by atoms with Crippen LogP contribution in [0.4, 0.5) is 10.0 Å². The second-order valence-electron chi connectivity index (χ2n) is 12.3. The first-order valence-electron chi connectivity index (χ1n) is 14.9. The topological polar surface area (TPSA) is 176 Å². The highest BCUT2D eigenvalue weighted by Gasteiger charge is 2.31. The third kappa shape index (κ3) is 9.25. The lowest BCUT2D eigenvalue weighted by molar-refractivity contribution is 0.00615. The molecule has 258 valence electrons. The molecule has 0 aliphatic heterocycles. The van der Waals surface area contributed by atoms with Crippen LogP contribution in [0, 0.1) is 13.8 Å². The van der Waals surface area contributed by atoms with Gasteiger partial charge in [0.1, 0.15) is 36.7 Å². The number of thiophene rings is 2. The summed E-state index contributed by atoms with van der Waals surface area (Å²) in [6.07, 6.45) is 1.15. The van der Waals surface area contributed by atoms with Crippen molar-refractivity contribution in [2.45, 2.75) is 80.4 Å². The molecule has 0 saturated carbocycles. The van der Waals surface area contributed by atoms with E-state index in [-0.39, 0.29) is 55.4 Å². The van der Waals surface area contributed by atoms with E-state index in [0.29, 0.717) is 11.1 Å². The molecule has 13 nitrogen and oxygen atoms in total. The number of anilines is 2. The summed E-state index contributed by atoms with van der Waals surface area (Å²) >= 11 is 1.74. The lowest BCUT2D eigenvalue weighted by Gasteiger charge is -2.19. The maximum Gasteiger partial charge on any atom is 0.349 e. The standard InChI is InChI=1S/C33H39N3O10S2/c1-11-43-28(39)20-16(3)22(30(41)45-32(5,6)7)47-26(20)35-24(37)18-13-14-19(34-15-18)25(38)36-27-21(29(40)44-12-2)17(4)23(48-27)31(42)46-33(8,9)10/h13-15H,11-12H2,1-10H3,(H,35,37)(H,36,38). The molecule has 0 unspecified atom stereocenters. The van der Waals surface area contributed by atoms with Gasteiger partial charge in [-0.15, -0.1) is 22.7 Å². The van der Waals surface area contributed by atoms with Crippen LogP contribution in [-0.2, 0) is 18.9 Å². The van der Waals surface area contributed by atoms with Crippen LogP contribution in [0.15, 0.2) is 18.3 Å². The second kappa shape index (κ2) is 15.1. The molecule has 3 rings (SSSR count). The van der Waals surface area contributed by atoms with Crippen molar-refractivity contribution >= 4 is 68.4 Å². The summed E-state index contributed by atoms with van der Waals surface area (Å²) < 4.78 is 21.2. The van der Waals surface area contributed by atoms with E-state index in [1.807, 2.05) is 0 Å². The predicted molar refractivity (Wildman–Crippen MR) is 181 cm³/mol. The van der Waals surface area contributed by atoms with Gasteiger partial charge in [-0.1, -0.05) is 0 Å². The number of nitrogens with one attached hydrogen (secondary N) is 2. The molecule has 0 bridgehead atoms. The normalized spacial score (nSPS) is 11.4. The van der Waals surface area contributed by atoms with E-state index < -0.39 is 46.9 Å². The quantitative estimate of drug-likeness (QED) is 0.172. The zero-order chi connectivity index (χ0) is 36.1. The van der Waals surface area contributed by atoms with Crippen LogP contribution < -0.4 is 10.6 Å². The number of rotatable bonds is 10. The van der Waals surface area contributed by atoms with Gasteiger partial charge in [0.25, 0.3) is 11.8 Å². The van der Waals surface area contributed by atoms with Crippen molar-refractivity contribution in [1.29, 1.82) is 0 Å². The van der Waals surface area contributed by atoms with Crippen LogP contribution in [0.2, 0.25) is 0 Å². The van der Waals surface area contributed by atoms with Gasteiger partial charge in [-0.05, 0) is 92.5 Å². The largest absolute Gasteiger partial charge is 0.462 e. The van der Waals surface area contributed by atoms with E-state index in [1.54, 1.807) is 69.2 Å². The number of carbonyl (C=O) groups is 6.